The molecule has 1 aromatic carbocycles. The van der Waals surface area contributed by atoms with Crippen molar-refractivity contribution in [3.8, 4) is 0 Å². The van der Waals surface area contributed by atoms with Crippen LogP contribution in [0, 0.1) is 6.92 Å². The molecule has 1 aromatic heterocycles. The number of para-hydroxylation sites is 1. The van der Waals surface area contributed by atoms with Crippen molar-refractivity contribution in [2.45, 2.75) is 32.7 Å². The summed E-state index contributed by atoms with van der Waals surface area (Å²) in [5.74, 6) is 0.744. The minimum Gasteiger partial charge on any atom is -0.440 e. The highest BCUT2D eigenvalue weighted by molar-refractivity contribution is 5.75. The molecule has 0 aliphatic carbocycles. The van der Waals surface area contributed by atoms with Crippen molar-refractivity contribution in [2.24, 2.45) is 5.73 Å². The highest BCUT2D eigenvalue weighted by Crippen LogP contribution is 2.19. The van der Waals surface area contributed by atoms with Gasteiger partial charge in [0, 0.05) is 12.5 Å². The summed E-state index contributed by atoms with van der Waals surface area (Å²) in [6.45, 7) is 4.09. The minimum atomic E-state index is 0.137. The van der Waals surface area contributed by atoms with Gasteiger partial charge < -0.3 is 10.2 Å². The van der Waals surface area contributed by atoms with Crippen molar-refractivity contribution in [2.75, 3.05) is 0 Å². The molecule has 3 heteroatoms. The molecule has 0 aliphatic heterocycles. The molecule has 0 spiro atoms. The van der Waals surface area contributed by atoms with E-state index in [1.54, 1.807) is 0 Å². The molecule has 2 aromatic rings. The average Bonchev–Trinajstić information content (AvgIpc) is 2.62. The van der Waals surface area contributed by atoms with Crippen LogP contribution in [0.2, 0.25) is 0 Å². The number of nitrogens with zero attached hydrogens (tertiary/aromatic N) is 1. The van der Waals surface area contributed by atoms with Crippen LogP contribution >= 0.6 is 0 Å². The van der Waals surface area contributed by atoms with E-state index in [1.807, 2.05) is 25.1 Å². The third kappa shape index (κ3) is 2.02. The zero-order chi connectivity index (χ0) is 10.8. The highest BCUT2D eigenvalue weighted by atomic mass is 16.3. The molecule has 15 heavy (non-hydrogen) atoms. The van der Waals surface area contributed by atoms with E-state index in [0.29, 0.717) is 6.42 Å². The number of aryl methyl sites for hydroxylation is 1. The van der Waals surface area contributed by atoms with Gasteiger partial charge in [-0.05, 0) is 25.0 Å². The van der Waals surface area contributed by atoms with Crippen molar-refractivity contribution in [3.63, 3.8) is 0 Å². The van der Waals surface area contributed by atoms with E-state index in [-0.39, 0.29) is 6.04 Å². The van der Waals surface area contributed by atoms with Crippen LogP contribution in [0.3, 0.4) is 0 Å². The van der Waals surface area contributed by atoms with Crippen LogP contribution in [0.15, 0.2) is 22.6 Å². The smallest absolute Gasteiger partial charge is 0.197 e. The third-order valence-corrected chi connectivity index (χ3v) is 2.62. The molecular formula is C12H16N2O. The van der Waals surface area contributed by atoms with Crippen LogP contribution in [-0.2, 0) is 6.42 Å². The molecule has 3 nitrogen and oxygen atoms in total. The molecular weight excluding hydrogens is 188 g/mol. The molecule has 2 N–H and O–H groups in total. The second kappa shape index (κ2) is 4.03. The van der Waals surface area contributed by atoms with Gasteiger partial charge in [-0.25, -0.2) is 4.98 Å². The zero-order valence-corrected chi connectivity index (χ0v) is 9.16. The van der Waals surface area contributed by atoms with Gasteiger partial charge in [-0.1, -0.05) is 19.1 Å². The molecule has 1 unspecified atom stereocenters. The predicted octanol–water partition coefficient (Wildman–Crippen LogP) is 2.42. The van der Waals surface area contributed by atoms with Gasteiger partial charge >= 0.3 is 0 Å². The molecule has 0 saturated heterocycles. The summed E-state index contributed by atoms with van der Waals surface area (Å²) in [6, 6.07) is 6.12. The van der Waals surface area contributed by atoms with Crippen molar-refractivity contribution >= 4 is 11.1 Å². The number of hydrogen-bond acceptors (Lipinski definition) is 3. The number of fused-ring (bicyclic) bond motifs is 1. The molecule has 0 amide bonds. The standard InChI is InChI=1S/C12H16N2O/c1-3-9(13)7-11-14-10-6-4-5-8(2)12(10)15-11/h4-6,9H,3,7,13H2,1-2H3. The van der Waals surface area contributed by atoms with Crippen LogP contribution in [0.25, 0.3) is 11.1 Å². The Morgan fingerprint density at radius 1 is 1.47 bits per heavy atom. The number of rotatable bonds is 3. The summed E-state index contributed by atoms with van der Waals surface area (Å²) < 4.78 is 5.68. The Kier molecular flexibility index (Phi) is 2.73. The molecule has 0 aliphatic rings. The Morgan fingerprint density at radius 2 is 2.27 bits per heavy atom. The number of oxazole rings is 1. The fraction of sp³-hybridized carbons (Fsp3) is 0.417. The number of nitrogens with two attached hydrogens (primary N) is 1. The minimum absolute atomic E-state index is 0.137. The predicted molar refractivity (Wildman–Crippen MR) is 60.7 cm³/mol. The Hall–Kier alpha value is -1.35. The molecule has 0 saturated carbocycles. The van der Waals surface area contributed by atoms with Crippen LogP contribution in [0.5, 0.6) is 0 Å². The maximum Gasteiger partial charge on any atom is 0.197 e. The molecule has 0 bridgehead atoms. The zero-order valence-electron chi connectivity index (χ0n) is 9.16. The summed E-state index contributed by atoms with van der Waals surface area (Å²) in [7, 11) is 0. The largest absolute Gasteiger partial charge is 0.440 e. The first-order valence-electron chi connectivity index (χ1n) is 5.31. The van der Waals surface area contributed by atoms with Gasteiger partial charge in [0.2, 0.25) is 0 Å². The lowest BCUT2D eigenvalue weighted by atomic mass is 10.2. The summed E-state index contributed by atoms with van der Waals surface area (Å²) in [5.41, 5.74) is 8.80. The summed E-state index contributed by atoms with van der Waals surface area (Å²) >= 11 is 0. The average molecular weight is 204 g/mol. The van der Waals surface area contributed by atoms with Crippen molar-refractivity contribution in [3.05, 3.63) is 29.7 Å². The number of aromatic nitrogens is 1. The van der Waals surface area contributed by atoms with E-state index in [2.05, 4.69) is 11.9 Å². The molecule has 2 rings (SSSR count). The lowest BCUT2D eigenvalue weighted by Crippen LogP contribution is -2.21. The molecule has 1 atom stereocenters. The van der Waals surface area contributed by atoms with E-state index in [4.69, 9.17) is 10.2 Å². The Bertz CT molecular complexity index is 462. The van der Waals surface area contributed by atoms with Gasteiger partial charge in [-0.2, -0.15) is 0 Å². The quantitative estimate of drug-likeness (QED) is 0.835. The van der Waals surface area contributed by atoms with E-state index in [1.165, 1.54) is 0 Å². The summed E-state index contributed by atoms with van der Waals surface area (Å²) in [4.78, 5) is 4.41. The first-order chi connectivity index (χ1) is 7.20. The normalized spacial score (nSPS) is 13.3. The second-order valence-corrected chi connectivity index (χ2v) is 3.90. The lowest BCUT2D eigenvalue weighted by molar-refractivity contribution is 0.490. The first-order valence-corrected chi connectivity index (χ1v) is 5.31. The van der Waals surface area contributed by atoms with Crippen molar-refractivity contribution < 1.29 is 4.42 Å². The van der Waals surface area contributed by atoms with Gasteiger partial charge in [0.25, 0.3) is 0 Å². The summed E-state index contributed by atoms with van der Waals surface area (Å²) in [6.07, 6.45) is 1.66. The Balaban J connectivity index is 2.35. The first kappa shape index (κ1) is 10.2. The molecule has 1 heterocycles. The topological polar surface area (TPSA) is 52.0 Å². The van der Waals surface area contributed by atoms with Gasteiger partial charge in [0.15, 0.2) is 11.5 Å². The van der Waals surface area contributed by atoms with Crippen molar-refractivity contribution in [1.82, 2.24) is 4.98 Å². The maximum atomic E-state index is 5.86. The van der Waals surface area contributed by atoms with Gasteiger partial charge in [0.05, 0.1) is 0 Å². The van der Waals surface area contributed by atoms with Crippen LogP contribution in [0.4, 0.5) is 0 Å². The lowest BCUT2D eigenvalue weighted by Gasteiger charge is -2.03. The highest BCUT2D eigenvalue weighted by Gasteiger charge is 2.10. The molecule has 0 fully saturated rings. The third-order valence-electron chi connectivity index (χ3n) is 2.62. The van der Waals surface area contributed by atoms with Gasteiger partial charge in [-0.3, -0.25) is 0 Å². The Labute approximate surface area is 89.3 Å². The van der Waals surface area contributed by atoms with E-state index >= 15 is 0 Å². The maximum absolute atomic E-state index is 5.86. The number of hydrogen-bond donors (Lipinski definition) is 1. The summed E-state index contributed by atoms with van der Waals surface area (Å²) in [5, 5.41) is 0. The fourth-order valence-electron chi connectivity index (χ4n) is 1.59. The number of benzene rings is 1. The van der Waals surface area contributed by atoms with Crippen LogP contribution in [-0.4, -0.2) is 11.0 Å². The van der Waals surface area contributed by atoms with Crippen molar-refractivity contribution in [1.29, 1.82) is 0 Å². The molecule has 80 valence electrons. The molecule has 0 radical (unpaired) electrons. The van der Waals surface area contributed by atoms with Gasteiger partial charge in [-0.15, -0.1) is 0 Å². The van der Waals surface area contributed by atoms with Crippen LogP contribution in [0.1, 0.15) is 24.8 Å². The SMILES string of the molecule is CCC(N)Cc1nc2cccc(C)c2o1. The second-order valence-electron chi connectivity index (χ2n) is 3.90. The van der Waals surface area contributed by atoms with Crippen LogP contribution < -0.4 is 5.73 Å². The van der Waals surface area contributed by atoms with E-state index in [0.717, 1.165) is 29.0 Å². The van der Waals surface area contributed by atoms with E-state index < -0.39 is 0 Å². The Morgan fingerprint density at radius 3 is 2.93 bits per heavy atom. The fourth-order valence-corrected chi connectivity index (χ4v) is 1.59. The monoisotopic (exact) mass is 204 g/mol. The van der Waals surface area contributed by atoms with E-state index in [9.17, 15) is 0 Å². The van der Waals surface area contributed by atoms with Gasteiger partial charge in [0.1, 0.15) is 5.52 Å².